The smallest absolute Gasteiger partial charge is 0.322 e. The minimum absolute atomic E-state index is 0.267. The van der Waals surface area contributed by atoms with Gasteiger partial charge in [-0.05, 0) is 43.7 Å². The molecular weight excluding hydrogens is 458 g/mol. The van der Waals surface area contributed by atoms with Crippen molar-refractivity contribution in [2.75, 3.05) is 31.5 Å². The van der Waals surface area contributed by atoms with Gasteiger partial charge in [-0.3, -0.25) is 10.3 Å². The lowest BCUT2D eigenvalue weighted by atomic mass is 10.0. The van der Waals surface area contributed by atoms with Crippen LogP contribution in [0.5, 0.6) is 0 Å². The predicted molar refractivity (Wildman–Crippen MR) is 129 cm³/mol. The lowest BCUT2D eigenvalue weighted by molar-refractivity contribution is 0.186. The van der Waals surface area contributed by atoms with E-state index >= 15 is 0 Å². The number of carbonyl (C=O) groups is 1. The average molecular weight is 482 g/mol. The van der Waals surface area contributed by atoms with Gasteiger partial charge in [0, 0.05) is 43.1 Å². The summed E-state index contributed by atoms with van der Waals surface area (Å²) in [6.45, 7) is 5.61. The van der Waals surface area contributed by atoms with E-state index in [9.17, 15) is 14.3 Å². The fraction of sp³-hybridized carbons (Fsp3) is 0.273. The topological polar surface area (TPSA) is 128 Å². The van der Waals surface area contributed by atoms with Gasteiger partial charge in [-0.15, -0.1) is 0 Å². The third kappa shape index (κ3) is 5.26. The Morgan fingerprint density at radius 3 is 2.45 bits per heavy atom. The van der Waals surface area contributed by atoms with Crippen LogP contribution in [0.25, 0.3) is 21.7 Å². The van der Waals surface area contributed by atoms with Crippen LogP contribution in [0, 0.1) is 25.2 Å². The highest BCUT2D eigenvalue weighted by Gasteiger charge is 2.24. The van der Waals surface area contributed by atoms with Crippen molar-refractivity contribution in [3.8, 4) is 27.8 Å². The van der Waals surface area contributed by atoms with Crippen molar-refractivity contribution in [3.05, 3.63) is 53.3 Å². The van der Waals surface area contributed by atoms with Gasteiger partial charge in [-0.25, -0.2) is 23.4 Å². The summed E-state index contributed by atoms with van der Waals surface area (Å²) >= 11 is -0.154. The predicted octanol–water partition coefficient (Wildman–Crippen LogP) is 3.05. The number of aromatic nitrogens is 2. The van der Waals surface area contributed by atoms with Gasteiger partial charge < -0.3 is 4.90 Å². The molecule has 4 rings (SSSR count). The summed E-state index contributed by atoms with van der Waals surface area (Å²) in [7, 11) is 0. The van der Waals surface area contributed by atoms with E-state index in [4.69, 9.17) is 10.1 Å². The second-order valence-corrected chi connectivity index (χ2v) is 9.72. The third-order valence-electron chi connectivity index (χ3n) is 5.23. The number of nitrogens with two attached hydrogens (primary N) is 1. The summed E-state index contributed by atoms with van der Waals surface area (Å²) in [5.74, 6) is 0. The van der Waals surface area contributed by atoms with E-state index in [-0.39, 0.29) is 6.03 Å². The highest BCUT2D eigenvalue weighted by Crippen LogP contribution is 2.39. The molecule has 1 saturated heterocycles. The normalized spacial score (nSPS) is 15.2. The molecule has 3 aromatic rings. The number of benzene rings is 1. The lowest BCUT2D eigenvalue weighted by Gasteiger charge is -2.32. The molecule has 0 spiro atoms. The molecule has 9 nitrogen and oxygen atoms in total. The van der Waals surface area contributed by atoms with Crippen LogP contribution in [0.4, 0.5) is 9.93 Å². The Balaban J connectivity index is 1.66. The quantitative estimate of drug-likeness (QED) is 0.592. The number of pyridine rings is 1. The number of amides is 2. The first-order chi connectivity index (χ1) is 15.8. The van der Waals surface area contributed by atoms with E-state index < -0.39 is 11.2 Å². The number of anilines is 1. The number of thiazole rings is 1. The zero-order chi connectivity index (χ0) is 23.5. The van der Waals surface area contributed by atoms with E-state index in [0.29, 0.717) is 42.6 Å². The number of nitrogens with zero attached hydrogens (tertiary/aromatic N) is 5. The summed E-state index contributed by atoms with van der Waals surface area (Å²) in [5, 5.41) is 18.1. The molecule has 33 heavy (non-hydrogen) atoms. The maximum atomic E-state index is 12.8. The Morgan fingerprint density at radius 2 is 1.82 bits per heavy atom. The first-order valence-corrected chi connectivity index (χ1v) is 12.3. The molecule has 170 valence electrons. The minimum Gasteiger partial charge on any atom is -0.322 e. The SMILES string of the molecule is Cc1cc(-c2sc(NC(=O)N3CCN(S(N)=O)CC3)nc2-c2cccc(C#N)c2)cc(C)n1. The molecule has 11 heteroatoms. The Hall–Kier alpha value is -3.17. The molecule has 1 aliphatic heterocycles. The summed E-state index contributed by atoms with van der Waals surface area (Å²) in [4.78, 5) is 24.6. The van der Waals surface area contributed by atoms with Crippen LogP contribution in [0.1, 0.15) is 17.0 Å². The zero-order valence-corrected chi connectivity index (χ0v) is 19.9. The summed E-state index contributed by atoms with van der Waals surface area (Å²) in [5.41, 5.74) is 4.75. The van der Waals surface area contributed by atoms with E-state index in [1.54, 1.807) is 21.3 Å². The number of hydrogen-bond donors (Lipinski definition) is 2. The molecule has 2 aromatic heterocycles. The molecule has 0 bridgehead atoms. The van der Waals surface area contributed by atoms with Crippen LogP contribution in [-0.2, 0) is 11.2 Å². The molecule has 2 amide bonds. The van der Waals surface area contributed by atoms with Crippen molar-refractivity contribution < 1.29 is 9.00 Å². The van der Waals surface area contributed by atoms with Gasteiger partial charge in [0.15, 0.2) is 16.3 Å². The van der Waals surface area contributed by atoms with Gasteiger partial charge in [0.05, 0.1) is 22.2 Å². The molecule has 1 unspecified atom stereocenters. The number of rotatable bonds is 4. The molecule has 1 atom stereocenters. The number of urea groups is 1. The van der Waals surface area contributed by atoms with Crippen LogP contribution < -0.4 is 10.5 Å². The fourth-order valence-corrected chi connectivity index (χ4v) is 5.20. The third-order valence-corrected chi connectivity index (χ3v) is 7.12. The fourth-order valence-electron chi connectivity index (χ4n) is 3.71. The second kappa shape index (κ2) is 9.76. The summed E-state index contributed by atoms with van der Waals surface area (Å²) < 4.78 is 13.1. The van der Waals surface area contributed by atoms with Gasteiger partial charge in [-0.1, -0.05) is 23.5 Å². The Bertz CT molecular complexity index is 1240. The van der Waals surface area contributed by atoms with Crippen molar-refractivity contribution in [1.82, 2.24) is 19.2 Å². The molecular formula is C22H23N7O2S2. The van der Waals surface area contributed by atoms with Crippen molar-refractivity contribution >= 4 is 33.7 Å². The number of piperazine rings is 1. The van der Waals surface area contributed by atoms with Gasteiger partial charge in [0.25, 0.3) is 0 Å². The number of aryl methyl sites for hydroxylation is 2. The summed E-state index contributed by atoms with van der Waals surface area (Å²) in [6, 6.07) is 13.1. The molecule has 3 heterocycles. The van der Waals surface area contributed by atoms with Crippen LogP contribution in [0.3, 0.4) is 0 Å². The molecule has 1 aromatic carbocycles. The lowest BCUT2D eigenvalue weighted by Crippen LogP contribution is -2.51. The largest absolute Gasteiger partial charge is 0.323 e. The monoisotopic (exact) mass is 481 g/mol. The molecule has 0 aliphatic carbocycles. The van der Waals surface area contributed by atoms with E-state index in [1.807, 2.05) is 38.1 Å². The first-order valence-electron chi connectivity index (χ1n) is 10.3. The van der Waals surface area contributed by atoms with E-state index in [2.05, 4.69) is 16.4 Å². The van der Waals surface area contributed by atoms with Crippen molar-refractivity contribution in [2.24, 2.45) is 5.14 Å². The average Bonchev–Trinajstić information content (AvgIpc) is 3.22. The molecule has 1 aliphatic rings. The number of hydrogen-bond acceptors (Lipinski definition) is 6. The molecule has 0 radical (unpaired) electrons. The number of nitriles is 1. The number of carbonyl (C=O) groups excluding carboxylic acids is 1. The van der Waals surface area contributed by atoms with Gasteiger partial charge in [-0.2, -0.15) is 5.26 Å². The van der Waals surface area contributed by atoms with Gasteiger partial charge in [0.1, 0.15) is 0 Å². The summed E-state index contributed by atoms with van der Waals surface area (Å²) in [6.07, 6.45) is 0. The van der Waals surface area contributed by atoms with Gasteiger partial charge in [0.2, 0.25) is 0 Å². The standard InChI is InChI=1S/C22H23N7O2S2/c1-14-10-18(11-15(2)25-14)20-19(17-5-3-4-16(12-17)13-23)26-21(32-20)27-22(30)28-6-8-29(9-7-28)33(24)31/h3-5,10-12H,6-9,24H2,1-2H3,(H,26,27,30). The van der Waals surface area contributed by atoms with Crippen molar-refractivity contribution in [1.29, 1.82) is 5.26 Å². The van der Waals surface area contributed by atoms with Gasteiger partial charge >= 0.3 is 6.03 Å². The zero-order valence-electron chi connectivity index (χ0n) is 18.2. The Morgan fingerprint density at radius 1 is 1.12 bits per heavy atom. The highest BCUT2D eigenvalue weighted by molar-refractivity contribution is 7.80. The van der Waals surface area contributed by atoms with Crippen LogP contribution >= 0.6 is 11.3 Å². The number of nitrogens with one attached hydrogen (secondary N) is 1. The first kappa shape index (κ1) is 23.0. The Labute approximate surface area is 198 Å². The van der Waals surface area contributed by atoms with Crippen LogP contribution in [0.2, 0.25) is 0 Å². The minimum atomic E-state index is -1.53. The molecule has 3 N–H and O–H groups in total. The van der Waals surface area contributed by atoms with E-state index in [1.165, 1.54) is 11.3 Å². The Kier molecular flexibility index (Phi) is 6.80. The van der Waals surface area contributed by atoms with Crippen LogP contribution in [0.15, 0.2) is 36.4 Å². The van der Waals surface area contributed by atoms with Crippen LogP contribution in [-0.4, -0.2) is 55.6 Å². The van der Waals surface area contributed by atoms with E-state index in [0.717, 1.165) is 27.4 Å². The molecule has 1 fully saturated rings. The van der Waals surface area contributed by atoms with Crippen molar-refractivity contribution in [2.45, 2.75) is 13.8 Å². The second-order valence-electron chi connectivity index (χ2n) is 7.65. The maximum Gasteiger partial charge on any atom is 0.323 e. The van der Waals surface area contributed by atoms with Crippen molar-refractivity contribution in [3.63, 3.8) is 0 Å². The highest BCUT2D eigenvalue weighted by atomic mass is 32.2. The maximum absolute atomic E-state index is 12.8. The molecule has 0 saturated carbocycles.